The summed E-state index contributed by atoms with van der Waals surface area (Å²) in [6, 6.07) is 11.5. The average molecular weight is 421 g/mol. The van der Waals surface area contributed by atoms with E-state index >= 15 is 0 Å². The molecule has 6 nitrogen and oxygen atoms in total. The molecule has 0 radical (unpaired) electrons. The quantitative estimate of drug-likeness (QED) is 0.331. The Morgan fingerprint density at radius 2 is 1.90 bits per heavy atom. The zero-order valence-electron chi connectivity index (χ0n) is 16.6. The minimum atomic E-state index is -0.537. The Morgan fingerprint density at radius 3 is 2.59 bits per heavy atom. The summed E-state index contributed by atoms with van der Waals surface area (Å²) >= 11 is 6.25. The number of benzene rings is 2. The maximum Gasteiger partial charge on any atom is 0.254 e. The van der Waals surface area contributed by atoms with Gasteiger partial charge in [0.15, 0.2) is 5.96 Å². The Morgan fingerprint density at radius 1 is 1.14 bits per heavy atom. The molecule has 2 aromatic rings. The predicted octanol–water partition coefficient (Wildman–Crippen LogP) is 3.02. The van der Waals surface area contributed by atoms with Crippen LogP contribution in [-0.4, -0.2) is 45.2 Å². The lowest BCUT2D eigenvalue weighted by molar-refractivity contribution is 0.0950. The van der Waals surface area contributed by atoms with Gasteiger partial charge in [-0.05, 0) is 43.2 Å². The number of amides is 1. The fourth-order valence-electron chi connectivity index (χ4n) is 2.59. The second-order valence-electron chi connectivity index (χ2n) is 6.13. The first-order valence-electron chi connectivity index (χ1n) is 9.42. The molecule has 0 heterocycles. The van der Waals surface area contributed by atoms with Crippen molar-refractivity contribution in [2.75, 3.05) is 33.3 Å². The summed E-state index contributed by atoms with van der Waals surface area (Å²) in [5.41, 5.74) is 1.02. The van der Waals surface area contributed by atoms with Crippen LogP contribution < -0.4 is 20.7 Å². The lowest BCUT2D eigenvalue weighted by atomic mass is 10.1. The second kappa shape index (κ2) is 11.9. The highest BCUT2D eigenvalue weighted by molar-refractivity contribution is 6.31. The van der Waals surface area contributed by atoms with Crippen LogP contribution in [0.4, 0.5) is 4.39 Å². The van der Waals surface area contributed by atoms with Crippen LogP contribution in [0.15, 0.2) is 47.5 Å². The van der Waals surface area contributed by atoms with Crippen molar-refractivity contribution < 1.29 is 13.9 Å². The number of carbonyl (C=O) groups excluding carboxylic acids is 1. The van der Waals surface area contributed by atoms with Crippen molar-refractivity contribution in [2.45, 2.75) is 13.3 Å². The summed E-state index contributed by atoms with van der Waals surface area (Å²) in [4.78, 5) is 16.5. The van der Waals surface area contributed by atoms with Gasteiger partial charge in [0.2, 0.25) is 0 Å². The molecule has 0 atom stereocenters. The predicted molar refractivity (Wildman–Crippen MR) is 114 cm³/mol. The van der Waals surface area contributed by atoms with Gasteiger partial charge in [-0.1, -0.05) is 29.8 Å². The van der Waals surface area contributed by atoms with Gasteiger partial charge in [0.05, 0.1) is 12.7 Å². The van der Waals surface area contributed by atoms with Gasteiger partial charge in [0.25, 0.3) is 5.91 Å². The van der Waals surface area contributed by atoms with E-state index in [4.69, 9.17) is 16.3 Å². The lowest BCUT2D eigenvalue weighted by Gasteiger charge is -2.12. The molecule has 0 aliphatic heterocycles. The minimum absolute atomic E-state index is 0.0319. The highest BCUT2D eigenvalue weighted by Crippen LogP contribution is 2.22. The van der Waals surface area contributed by atoms with Crippen molar-refractivity contribution in [3.05, 3.63) is 64.4 Å². The number of ether oxygens (including phenoxy) is 1. The smallest absolute Gasteiger partial charge is 0.254 e. The monoisotopic (exact) mass is 420 g/mol. The maximum absolute atomic E-state index is 13.6. The van der Waals surface area contributed by atoms with E-state index in [9.17, 15) is 9.18 Å². The number of carbonyl (C=O) groups is 1. The van der Waals surface area contributed by atoms with Gasteiger partial charge in [-0.25, -0.2) is 4.39 Å². The zero-order chi connectivity index (χ0) is 21.1. The summed E-state index contributed by atoms with van der Waals surface area (Å²) < 4.78 is 18.8. The van der Waals surface area contributed by atoms with Crippen LogP contribution in [0.25, 0.3) is 0 Å². The maximum atomic E-state index is 13.6. The topological polar surface area (TPSA) is 74.8 Å². The first-order chi connectivity index (χ1) is 14.0. The molecule has 0 fully saturated rings. The number of aliphatic imine (C=N–C) groups is 1. The molecule has 156 valence electrons. The Hall–Kier alpha value is -2.80. The number of halogens is 2. The number of nitrogens with one attached hydrogen (secondary N) is 3. The third-order valence-electron chi connectivity index (χ3n) is 4.08. The van der Waals surface area contributed by atoms with E-state index in [0.717, 1.165) is 11.3 Å². The van der Waals surface area contributed by atoms with E-state index in [-0.39, 0.29) is 5.56 Å². The number of rotatable bonds is 9. The second-order valence-corrected chi connectivity index (χ2v) is 6.54. The van der Waals surface area contributed by atoms with Crippen LogP contribution in [0.1, 0.15) is 22.8 Å². The SMILES string of the molecule is CCNC(=NCCc1ccc(OC)cc1Cl)NCCNC(=O)c1ccccc1F. The standard InChI is InChI=1S/C21H26ClFN4O2/c1-3-24-21(26-11-10-15-8-9-16(29-2)14-18(15)22)27-13-12-25-20(28)17-6-4-5-7-19(17)23/h4-9,14H,3,10-13H2,1-2H3,(H,25,28)(H2,24,26,27). The molecule has 2 aromatic carbocycles. The number of hydrogen-bond donors (Lipinski definition) is 3. The van der Waals surface area contributed by atoms with Gasteiger partial charge >= 0.3 is 0 Å². The number of nitrogens with zero attached hydrogens (tertiary/aromatic N) is 1. The summed E-state index contributed by atoms with van der Waals surface area (Å²) in [5, 5.41) is 9.61. The van der Waals surface area contributed by atoms with Crippen LogP contribution >= 0.6 is 11.6 Å². The minimum Gasteiger partial charge on any atom is -0.497 e. The van der Waals surface area contributed by atoms with E-state index in [2.05, 4.69) is 20.9 Å². The third kappa shape index (κ3) is 7.27. The fraction of sp³-hybridized carbons (Fsp3) is 0.333. The van der Waals surface area contributed by atoms with Crippen molar-refractivity contribution in [1.29, 1.82) is 0 Å². The van der Waals surface area contributed by atoms with Crippen molar-refractivity contribution in [3.63, 3.8) is 0 Å². The van der Waals surface area contributed by atoms with Crippen molar-refractivity contribution >= 4 is 23.5 Å². The van der Waals surface area contributed by atoms with Crippen LogP contribution in [0.2, 0.25) is 5.02 Å². The summed E-state index contributed by atoms with van der Waals surface area (Å²) in [6.45, 7) is 4.01. The zero-order valence-corrected chi connectivity index (χ0v) is 17.4. The normalized spacial score (nSPS) is 11.1. The number of guanidine groups is 1. The van der Waals surface area contributed by atoms with E-state index in [0.29, 0.717) is 43.6 Å². The molecule has 2 rings (SSSR count). The van der Waals surface area contributed by atoms with Crippen LogP contribution in [0, 0.1) is 5.82 Å². The van der Waals surface area contributed by atoms with Crippen LogP contribution in [0.3, 0.4) is 0 Å². The molecule has 29 heavy (non-hydrogen) atoms. The van der Waals surface area contributed by atoms with Gasteiger partial charge in [-0.2, -0.15) is 0 Å². The molecule has 3 N–H and O–H groups in total. The highest BCUT2D eigenvalue weighted by atomic mass is 35.5. The summed E-state index contributed by atoms with van der Waals surface area (Å²) in [7, 11) is 1.60. The molecule has 0 spiro atoms. The lowest BCUT2D eigenvalue weighted by Crippen LogP contribution is -2.41. The summed E-state index contributed by atoms with van der Waals surface area (Å²) in [5.74, 6) is 0.373. The fourth-order valence-corrected chi connectivity index (χ4v) is 2.85. The Bertz CT molecular complexity index is 845. The molecule has 1 amide bonds. The van der Waals surface area contributed by atoms with E-state index in [1.165, 1.54) is 12.1 Å². The first kappa shape index (κ1) is 22.5. The van der Waals surface area contributed by atoms with Gasteiger partial charge in [0.1, 0.15) is 11.6 Å². The molecule has 0 aliphatic rings. The van der Waals surface area contributed by atoms with Crippen molar-refractivity contribution in [2.24, 2.45) is 4.99 Å². The Labute approximate surface area is 175 Å². The Kier molecular flexibility index (Phi) is 9.24. The average Bonchev–Trinajstić information content (AvgIpc) is 2.72. The molecule has 0 bridgehead atoms. The van der Waals surface area contributed by atoms with E-state index in [1.54, 1.807) is 25.3 Å². The molecule has 0 unspecified atom stereocenters. The van der Waals surface area contributed by atoms with Gasteiger partial charge in [-0.3, -0.25) is 9.79 Å². The molecule has 0 saturated carbocycles. The highest BCUT2D eigenvalue weighted by Gasteiger charge is 2.09. The number of hydrogen-bond acceptors (Lipinski definition) is 3. The molecule has 0 aliphatic carbocycles. The van der Waals surface area contributed by atoms with Crippen molar-refractivity contribution in [3.8, 4) is 5.75 Å². The Balaban J connectivity index is 1.80. The number of methoxy groups -OCH3 is 1. The van der Waals surface area contributed by atoms with E-state index in [1.807, 2.05) is 19.1 Å². The third-order valence-corrected chi connectivity index (χ3v) is 4.43. The summed E-state index contributed by atoms with van der Waals surface area (Å²) in [6.07, 6.45) is 0.684. The van der Waals surface area contributed by atoms with Crippen molar-refractivity contribution in [1.82, 2.24) is 16.0 Å². The van der Waals surface area contributed by atoms with Gasteiger partial charge in [-0.15, -0.1) is 0 Å². The molecule has 0 aromatic heterocycles. The molecular weight excluding hydrogens is 395 g/mol. The van der Waals surface area contributed by atoms with E-state index < -0.39 is 11.7 Å². The van der Waals surface area contributed by atoms with Crippen LogP contribution in [-0.2, 0) is 6.42 Å². The van der Waals surface area contributed by atoms with Gasteiger partial charge in [0, 0.05) is 31.2 Å². The molecule has 0 saturated heterocycles. The molecular formula is C21H26ClFN4O2. The van der Waals surface area contributed by atoms with Gasteiger partial charge < -0.3 is 20.7 Å². The first-order valence-corrected chi connectivity index (χ1v) is 9.80. The largest absolute Gasteiger partial charge is 0.497 e. The van der Waals surface area contributed by atoms with Crippen LogP contribution in [0.5, 0.6) is 5.75 Å². The molecule has 8 heteroatoms.